The summed E-state index contributed by atoms with van der Waals surface area (Å²) in [6, 6.07) is 9.20. The highest BCUT2D eigenvalue weighted by Gasteiger charge is 2.20. The van der Waals surface area contributed by atoms with Crippen LogP contribution in [-0.2, 0) is 16.1 Å². The molecule has 0 fully saturated rings. The number of alkyl carbamates (subject to hydrolysis) is 1. The standard InChI is InChI=1S/C13H17NO4S/c1-2-8-19-11(12(15)16)14-13(17)18-9-10-6-4-3-5-7-10/h3-7,11H,2,8-9H2,1H3,(H,14,17)(H,15,16). The number of ether oxygens (including phenoxy) is 1. The number of amides is 1. The number of thioether (sulfide) groups is 1. The molecule has 1 aromatic rings. The Labute approximate surface area is 116 Å². The number of aliphatic carboxylic acids is 1. The average Bonchev–Trinajstić information content (AvgIpc) is 2.42. The van der Waals surface area contributed by atoms with Crippen molar-refractivity contribution in [2.75, 3.05) is 5.75 Å². The van der Waals surface area contributed by atoms with Gasteiger partial charge in [-0.15, -0.1) is 11.8 Å². The van der Waals surface area contributed by atoms with Crippen LogP contribution in [0.15, 0.2) is 30.3 Å². The third kappa shape index (κ3) is 6.15. The number of carbonyl (C=O) groups is 2. The highest BCUT2D eigenvalue weighted by atomic mass is 32.2. The van der Waals surface area contributed by atoms with E-state index in [0.29, 0.717) is 5.75 Å². The summed E-state index contributed by atoms with van der Waals surface area (Å²) in [5, 5.41) is 10.3. The molecule has 1 atom stereocenters. The largest absolute Gasteiger partial charge is 0.479 e. The molecule has 1 unspecified atom stereocenters. The first-order valence-corrected chi connectivity index (χ1v) is 7.00. The van der Waals surface area contributed by atoms with E-state index in [4.69, 9.17) is 9.84 Å². The number of nitrogens with one attached hydrogen (secondary N) is 1. The fraction of sp³-hybridized carbons (Fsp3) is 0.385. The minimum absolute atomic E-state index is 0.122. The van der Waals surface area contributed by atoms with Gasteiger partial charge in [0.25, 0.3) is 0 Å². The molecule has 0 aliphatic rings. The molecule has 0 aromatic heterocycles. The lowest BCUT2D eigenvalue weighted by atomic mass is 10.2. The van der Waals surface area contributed by atoms with E-state index in [2.05, 4.69) is 5.32 Å². The minimum Gasteiger partial charge on any atom is -0.479 e. The summed E-state index contributed by atoms with van der Waals surface area (Å²) >= 11 is 1.17. The van der Waals surface area contributed by atoms with Crippen LogP contribution in [0.4, 0.5) is 4.79 Å². The molecule has 0 saturated carbocycles. The van der Waals surface area contributed by atoms with E-state index in [9.17, 15) is 9.59 Å². The normalized spacial score (nSPS) is 11.6. The molecule has 0 spiro atoms. The molecule has 19 heavy (non-hydrogen) atoms. The van der Waals surface area contributed by atoms with Gasteiger partial charge in [0.15, 0.2) is 5.37 Å². The molecular formula is C13H17NO4S. The van der Waals surface area contributed by atoms with Gasteiger partial charge in [-0.1, -0.05) is 37.3 Å². The lowest BCUT2D eigenvalue weighted by molar-refractivity contribution is -0.136. The van der Waals surface area contributed by atoms with Gasteiger partial charge in [-0.05, 0) is 17.7 Å². The lowest BCUT2D eigenvalue weighted by Crippen LogP contribution is -2.38. The average molecular weight is 283 g/mol. The Hall–Kier alpha value is -1.69. The van der Waals surface area contributed by atoms with Crippen molar-refractivity contribution in [3.8, 4) is 0 Å². The third-order valence-corrected chi connectivity index (χ3v) is 3.47. The van der Waals surface area contributed by atoms with Crippen LogP contribution in [0.2, 0.25) is 0 Å². The molecule has 0 saturated heterocycles. The molecule has 104 valence electrons. The van der Waals surface area contributed by atoms with E-state index in [1.54, 1.807) is 0 Å². The molecule has 5 nitrogen and oxygen atoms in total. The number of hydrogen-bond donors (Lipinski definition) is 2. The van der Waals surface area contributed by atoms with Crippen LogP contribution in [0.25, 0.3) is 0 Å². The van der Waals surface area contributed by atoms with Crippen molar-refractivity contribution in [2.24, 2.45) is 0 Å². The molecular weight excluding hydrogens is 266 g/mol. The number of carbonyl (C=O) groups excluding carboxylic acids is 1. The van der Waals surface area contributed by atoms with Crippen molar-refractivity contribution >= 4 is 23.8 Å². The number of hydrogen-bond acceptors (Lipinski definition) is 4. The highest BCUT2D eigenvalue weighted by molar-refractivity contribution is 8.00. The Morgan fingerprint density at radius 3 is 2.63 bits per heavy atom. The van der Waals surface area contributed by atoms with Crippen molar-refractivity contribution < 1.29 is 19.4 Å². The van der Waals surface area contributed by atoms with Crippen LogP contribution in [0, 0.1) is 0 Å². The summed E-state index contributed by atoms with van der Waals surface area (Å²) in [5.74, 6) is -0.411. The van der Waals surface area contributed by atoms with Gasteiger partial charge in [-0.25, -0.2) is 9.59 Å². The van der Waals surface area contributed by atoms with Crippen molar-refractivity contribution in [3.05, 3.63) is 35.9 Å². The van der Waals surface area contributed by atoms with Crippen LogP contribution in [-0.4, -0.2) is 28.3 Å². The van der Waals surface area contributed by atoms with E-state index >= 15 is 0 Å². The second-order valence-electron chi connectivity index (χ2n) is 3.80. The van der Waals surface area contributed by atoms with Gasteiger partial charge in [0.2, 0.25) is 0 Å². The van der Waals surface area contributed by atoms with Crippen molar-refractivity contribution in [3.63, 3.8) is 0 Å². The first kappa shape index (κ1) is 15.4. The molecule has 0 aliphatic carbocycles. The monoisotopic (exact) mass is 283 g/mol. The topological polar surface area (TPSA) is 75.6 Å². The zero-order chi connectivity index (χ0) is 14.1. The molecule has 0 bridgehead atoms. The van der Waals surface area contributed by atoms with Gasteiger partial charge >= 0.3 is 12.1 Å². The van der Waals surface area contributed by atoms with Crippen molar-refractivity contribution in [2.45, 2.75) is 25.3 Å². The van der Waals surface area contributed by atoms with Crippen LogP contribution in [0.5, 0.6) is 0 Å². The number of benzene rings is 1. The van der Waals surface area contributed by atoms with Crippen LogP contribution < -0.4 is 5.32 Å². The fourth-order valence-corrected chi connectivity index (χ4v) is 2.08. The molecule has 0 aliphatic heterocycles. The summed E-state index contributed by atoms with van der Waals surface area (Å²) < 4.78 is 4.96. The Morgan fingerprint density at radius 1 is 1.37 bits per heavy atom. The first-order chi connectivity index (χ1) is 9.13. The molecule has 6 heteroatoms. The van der Waals surface area contributed by atoms with Gasteiger partial charge in [-0.2, -0.15) is 0 Å². The second-order valence-corrected chi connectivity index (χ2v) is 5.01. The molecule has 1 aromatic carbocycles. The molecule has 0 radical (unpaired) electrons. The van der Waals surface area contributed by atoms with Crippen LogP contribution in [0.3, 0.4) is 0 Å². The summed E-state index contributed by atoms with van der Waals surface area (Å²) in [6.45, 7) is 2.07. The second kappa shape index (κ2) is 8.42. The summed E-state index contributed by atoms with van der Waals surface area (Å²) in [6.07, 6.45) is 0.120. The predicted molar refractivity (Wildman–Crippen MR) is 73.9 cm³/mol. The summed E-state index contributed by atoms with van der Waals surface area (Å²) in [5.41, 5.74) is 0.853. The minimum atomic E-state index is -1.07. The molecule has 0 heterocycles. The van der Waals surface area contributed by atoms with E-state index in [0.717, 1.165) is 12.0 Å². The molecule has 2 N–H and O–H groups in total. The summed E-state index contributed by atoms with van der Waals surface area (Å²) in [7, 11) is 0. The van der Waals surface area contributed by atoms with Gasteiger partial charge in [0.05, 0.1) is 0 Å². The third-order valence-electron chi connectivity index (χ3n) is 2.17. The highest BCUT2D eigenvalue weighted by Crippen LogP contribution is 2.10. The van der Waals surface area contributed by atoms with Crippen LogP contribution in [0.1, 0.15) is 18.9 Å². The van der Waals surface area contributed by atoms with E-state index in [-0.39, 0.29) is 6.61 Å². The van der Waals surface area contributed by atoms with Gasteiger partial charge in [0, 0.05) is 0 Å². The number of carboxylic acid groups (broad SMARTS) is 1. The predicted octanol–water partition coefficient (Wildman–Crippen LogP) is 2.47. The van der Waals surface area contributed by atoms with Gasteiger partial charge < -0.3 is 9.84 Å². The SMILES string of the molecule is CCCSC(NC(=O)OCc1ccccc1)C(=O)O. The smallest absolute Gasteiger partial charge is 0.408 e. The van der Waals surface area contributed by atoms with E-state index in [1.807, 2.05) is 37.3 Å². The van der Waals surface area contributed by atoms with Crippen molar-refractivity contribution in [1.29, 1.82) is 0 Å². The van der Waals surface area contributed by atoms with Gasteiger partial charge in [-0.3, -0.25) is 5.32 Å². The Morgan fingerprint density at radius 2 is 2.05 bits per heavy atom. The van der Waals surface area contributed by atoms with Crippen LogP contribution >= 0.6 is 11.8 Å². The zero-order valence-electron chi connectivity index (χ0n) is 10.7. The Kier molecular flexibility index (Phi) is 6.81. The maximum atomic E-state index is 11.5. The van der Waals surface area contributed by atoms with E-state index < -0.39 is 17.4 Å². The Bertz CT molecular complexity index is 410. The zero-order valence-corrected chi connectivity index (χ0v) is 11.5. The van der Waals surface area contributed by atoms with Gasteiger partial charge in [0.1, 0.15) is 6.61 Å². The van der Waals surface area contributed by atoms with Crippen molar-refractivity contribution in [1.82, 2.24) is 5.32 Å². The quantitative estimate of drug-likeness (QED) is 0.752. The maximum Gasteiger partial charge on any atom is 0.408 e. The molecule has 1 amide bonds. The number of rotatable bonds is 7. The maximum absolute atomic E-state index is 11.5. The van der Waals surface area contributed by atoms with E-state index in [1.165, 1.54) is 11.8 Å². The Balaban J connectivity index is 2.38. The fourth-order valence-electron chi connectivity index (χ4n) is 1.28. The molecule has 1 rings (SSSR count). The first-order valence-electron chi connectivity index (χ1n) is 5.95. The number of carboxylic acids is 1. The lowest BCUT2D eigenvalue weighted by Gasteiger charge is -2.13. The summed E-state index contributed by atoms with van der Waals surface area (Å²) in [4.78, 5) is 22.4.